The zero-order chi connectivity index (χ0) is 10.7. The molecule has 0 aliphatic heterocycles. The van der Waals surface area contributed by atoms with Crippen molar-refractivity contribution in [1.82, 2.24) is 19.7 Å². The molecule has 6 heteroatoms. The summed E-state index contributed by atoms with van der Waals surface area (Å²) >= 11 is 5.66. The fraction of sp³-hybridized carbons (Fsp3) is 0.222. The van der Waals surface area contributed by atoms with Crippen LogP contribution < -0.4 is 4.74 Å². The topological polar surface area (TPSA) is 52.8 Å². The van der Waals surface area contributed by atoms with Gasteiger partial charge in [0.2, 0.25) is 5.88 Å². The monoisotopic (exact) mass is 224 g/mol. The van der Waals surface area contributed by atoms with Gasteiger partial charge in [-0.1, -0.05) is 11.6 Å². The first-order valence-corrected chi connectivity index (χ1v) is 4.70. The number of aromatic nitrogens is 4. The van der Waals surface area contributed by atoms with Gasteiger partial charge in [-0.05, 0) is 0 Å². The second-order valence-corrected chi connectivity index (χ2v) is 3.38. The zero-order valence-electron chi connectivity index (χ0n) is 8.09. The summed E-state index contributed by atoms with van der Waals surface area (Å²) in [7, 11) is 1.85. The summed E-state index contributed by atoms with van der Waals surface area (Å²) in [6, 6.07) is 0. The average molecular weight is 225 g/mol. The predicted molar refractivity (Wildman–Crippen MR) is 54.6 cm³/mol. The largest absolute Gasteiger partial charge is 0.472 e. The van der Waals surface area contributed by atoms with Gasteiger partial charge in [0.15, 0.2) is 5.15 Å². The molecular weight excluding hydrogens is 216 g/mol. The van der Waals surface area contributed by atoms with Crippen LogP contribution in [0.2, 0.25) is 5.15 Å². The van der Waals surface area contributed by atoms with Crippen molar-refractivity contribution < 1.29 is 4.74 Å². The predicted octanol–water partition coefficient (Wildman–Crippen LogP) is 1.44. The molecule has 0 spiro atoms. The van der Waals surface area contributed by atoms with Crippen molar-refractivity contribution in [2.75, 3.05) is 0 Å². The van der Waals surface area contributed by atoms with E-state index in [4.69, 9.17) is 16.3 Å². The minimum atomic E-state index is 0.318. The van der Waals surface area contributed by atoms with E-state index >= 15 is 0 Å². The Kier molecular flexibility index (Phi) is 2.82. The lowest BCUT2D eigenvalue weighted by atomic mass is 10.4. The van der Waals surface area contributed by atoms with Crippen LogP contribution in [0.4, 0.5) is 0 Å². The highest BCUT2D eigenvalue weighted by molar-refractivity contribution is 6.29. The molecule has 15 heavy (non-hydrogen) atoms. The molecule has 0 fully saturated rings. The van der Waals surface area contributed by atoms with E-state index in [9.17, 15) is 0 Å². The summed E-state index contributed by atoms with van der Waals surface area (Å²) in [5.74, 6) is 0.409. The lowest BCUT2D eigenvalue weighted by Gasteiger charge is -2.02. The molecule has 5 nitrogen and oxygen atoms in total. The van der Waals surface area contributed by atoms with Crippen LogP contribution in [-0.4, -0.2) is 19.7 Å². The molecule has 0 unspecified atom stereocenters. The van der Waals surface area contributed by atoms with E-state index in [0.29, 0.717) is 17.6 Å². The van der Waals surface area contributed by atoms with Crippen LogP contribution in [0, 0.1) is 0 Å². The van der Waals surface area contributed by atoms with E-state index in [0.717, 1.165) is 5.56 Å². The Balaban J connectivity index is 1.99. The average Bonchev–Trinajstić information content (AvgIpc) is 2.62. The van der Waals surface area contributed by atoms with Crippen molar-refractivity contribution in [2.45, 2.75) is 6.61 Å². The van der Waals surface area contributed by atoms with Gasteiger partial charge >= 0.3 is 0 Å². The Morgan fingerprint density at radius 2 is 2.27 bits per heavy atom. The molecule has 2 rings (SSSR count). The minimum absolute atomic E-state index is 0.318. The van der Waals surface area contributed by atoms with Crippen molar-refractivity contribution in [1.29, 1.82) is 0 Å². The van der Waals surface area contributed by atoms with E-state index in [1.165, 1.54) is 12.4 Å². The summed E-state index contributed by atoms with van der Waals surface area (Å²) in [6.07, 6.45) is 6.58. The van der Waals surface area contributed by atoms with Crippen molar-refractivity contribution in [3.05, 3.63) is 35.5 Å². The fourth-order valence-corrected chi connectivity index (χ4v) is 1.24. The van der Waals surface area contributed by atoms with Crippen molar-refractivity contribution in [3.63, 3.8) is 0 Å². The second kappa shape index (κ2) is 4.27. The van der Waals surface area contributed by atoms with E-state index < -0.39 is 0 Å². The van der Waals surface area contributed by atoms with Crippen molar-refractivity contribution in [2.24, 2.45) is 7.05 Å². The van der Waals surface area contributed by atoms with E-state index in [-0.39, 0.29) is 0 Å². The van der Waals surface area contributed by atoms with E-state index in [2.05, 4.69) is 15.1 Å². The standard InChI is InChI=1S/C9H9ClN4O/c1-14-5-7(2-12-14)6-15-9-4-11-3-8(10)13-9/h2-5H,6H2,1H3. The maximum Gasteiger partial charge on any atom is 0.234 e. The van der Waals surface area contributed by atoms with Crippen molar-refractivity contribution in [3.8, 4) is 5.88 Å². The lowest BCUT2D eigenvalue weighted by Crippen LogP contribution is -1.96. The molecule has 0 saturated carbocycles. The van der Waals surface area contributed by atoms with Gasteiger partial charge in [0.25, 0.3) is 0 Å². The van der Waals surface area contributed by atoms with E-state index in [1.54, 1.807) is 10.9 Å². The van der Waals surface area contributed by atoms with Gasteiger partial charge in [0, 0.05) is 18.8 Å². The van der Waals surface area contributed by atoms with Crippen molar-refractivity contribution >= 4 is 11.6 Å². The van der Waals surface area contributed by atoms with Crippen LogP contribution in [0.5, 0.6) is 5.88 Å². The highest BCUT2D eigenvalue weighted by atomic mass is 35.5. The van der Waals surface area contributed by atoms with Gasteiger partial charge in [-0.25, -0.2) is 0 Å². The minimum Gasteiger partial charge on any atom is -0.472 e. The SMILES string of the molecule is Cn1cc(COc2cncc(Cl)n2)cn1. The molecule has 0 bridgehead atoms. The molecule has 0 aliphatic rings. The number of halogens is 1. The van der Waals surface area contributed by atoms with Crippen LogP contribution >= 0.6 is 11.6 Å². The molecule has 2 aromatic heterocycles. The summed E-state index contributed by atoms with van der Waals surface area (Å²) < 4.78 is 7.09. The van der Waals surface area contributed by atoms with Gasteiger partial charge in [-0.3, -0.25) is 9.67 Å². The Morgan fingerprint density at radius 3 is 2.93 bits per heavy atom. The fourth-order valence-electron chi connectivity index (χ4n) is 1.10. The number of aryl methyl sites for hydroxylation is 1. The van der Waals surface area contributed by atoms with Gasteiger partial charge in [0.1, 0.15) is 6.61 Å². The molecule has 0 aliphatic carbocycles. The number of hydrogen-bond donors (Lipinski definition) is 0. The van der Waals surface area contributed by atoms with Gasteiger partial charge in [0.05, 0.1) is 18.6 Å². The Bertz CT molecular complexity index is 457. The van der Waals surface area contributed by atoms with Crippen LogP contribution in [-0.2, 0) is 13.7 Å². The Hall–Kier alpha value is -1.62. The van der Waals surface area contributed by atoms with Crippen LogP contribution in [0.3, 0.4) is 0 Å². The number of rotatable bonds is 3. The van der Waals surface area contributed by atoms with Gasteiger partial charge in [-0.15, -0.1) is 0 Å². The summed E-state index contributed by atoms with van der Waals surface area (Å²) in [6.45, 7) is 0.406. The molecule has 0 aromatic carbocycles. The van der Waals surface area contributed by atoms with Gasteiger partial charge < -0.3 is 4.74 Å². The quantitative estimate of drug-likeness (QED) is 0.792. The lowest BCUT2D eigenvalue weighted by molar-refractivity contribution is 0.292. The smallest absolute Gasteiger partial charge is 0.234 e. The molecule has 2 aromatic rings. The Labute approximate surface area is 91.7 Å². The molecular formula is C9H9ClN4O. The number of hydrogen-bond acceptors (Lipinski definition) is 4. The summed E-state index contributed by atoms with van der Waals surface area (Å²) in [5.41, 5.74) is 0.972. The third-order valence-electron chi connectivity index (χ3n) is 1.73. The maximum atomic E-state index is 5.66. The molecule has 2 heterocycles. The van der Waals surface area contributed by atoms with Gasteiger partial charge in [-0.2, -0.15) is 10.1 Å². The highest BCUT2D eigenvalue weighted by Gasteiger charge is 2.00. The summed E-state index contributed by atoms with van der Waals surface area (Å²) in [5, 5.41) is 4.34. The van der Waals surface area contributed by atoms with Crippen LogP contribution in [0.1, 0.15) is 5.56 Å². The molecule has 0 N–H and O–H groups in total. The highest BCUT2D eigenvalue weighted by Crippen LogP contribution is 2.10. The molecule has 0 radical (unpaired) electrons. The molecule has 0 atom stereocenters. The van der Waals surface area contributed by atoms with Crippen LogP contribution in [0.15, 0.2) is 24.8 Å². The summed E-state index contributed by atoms with van der Waals surface area (Å²) in [4.78, 5) is 7.81. The maximum absolute atomic E-state index is 5.66. The number of ether oxygens (including phenoxy) is 1. The first-order chi connectivity index (χ1) is 7.24. The third kappa shape index (κ3) is 2.66. The normalized spacial score (nSPS) is 10.3. The third-order valence-corrected chi connectivity index (χ3v) is 1.91. The molecule has 0 saturated heterocycles. The first-order valence-electron chi connectivity index (χ1n) is 4.32. The van der Waals surface area contributed by atoms with E-state index in [1.807, 2.05) is 13.2 Å². The first kappa shape index (κ1) is 9.92. The second-order valence-electron chi connectivity index (χ2n) is 2.99. The zero-order valence-corrected chi connectivity index (χ0v) is 8.85. The Morgan fingerprint density at radius 1 is 1.40 bits per heavy atom. The molecule has 78 valence electrons. The van der Waals surface area contributed by atoms with Crippen LogP contribution in [0.25, 0.3) is 0 Å². The number of nitrogens with zero attached hydrogens (tertiary/aromatic N) is 4. The molecule has 0 amide bonds.